The molecule has 0 spiro atoms. The summed E-state index contributed by atoms with van der Waals surface area (Å²) >= 11 is 1.65. The maximum absolute atomic E-state index is 12.3. The lowest BCUT2D eigenvalue weighted by Crippen LogP contribution is -2.27. The van der Waals surface area contributed by atoms with Crippen LogP contribution in [0.4, 0.5) is 0 Å². The number of carbonyl (C=O) groups excluding carboxylic acids is 2. The van der Waals surface area contributed by atoms with E-state index in [1.807, 2.05) is 31.2 Å². The molecule has 0 fully saturated rings. The van der Waals surface area contributed by atoms with E-state index in [9.17, 15) is 9.59 Å². The second-order valence-corrected chi connectivity index (χ2v) is 6.97. The Hall–Kier alpha value is -2.93. The van der Waals surface area contributed by atoms with Gasteiger partial charge in [0.15, 0.2) is 6.61 Å². The summed E-state index contributed by atoms with van der Waals surface area (Å²) in [7, 11) is 0. The highest BCUT2D eigenvalue weighted by molar-refractivity contribution is 7.18. The summed E-state index contributed by atoms with van der Waals surface area (Å²) in [5.74, 6) is -0.104. The number of rotatable bonds is 7. The molecule has 7 heteroatoms. The normalized spacial score (nSPS) is 11.9. The minimum atomic E-state index is -0.546. The zero-order chi connectivity index (χ0) is 18.5. The van der Waals surface area contributed by atoms with Crippen molar-refractivity contribution < 1.29 is 14.3 Å². The number of nitrogens with two attached hydrogens (primary N) is 1. The van der Waals surface area contributed by atoms with Crippen LogP contribution in [0.5, 0.6) is 5.75 Å². The number of aromatic nitrogens is 1. The van der Waals surface area contributed by atoms with Gasteiger partial charge in [-0.15, -0.1) is 11.3 Å². The van der Waals surface area contributed by atoms with Gasteiger partial charge in [0.25, 0.3) is 11.8 Å². The SMILES string of the molecule is CC(CNC(=O)c1ccc(OCC(N)=O)cc1)c1nc2ccccc2s1. The Labute approximate surface area is 155 Å². The first-order valence-electron chi connectivity index (χ1n) is 8.18. The lowest BCUT2D eigenvalue weighted by Gasteiger charge is -2.10. The molecule has 3 aromatic rings. The average molecular weight is 369 g/mol. The fraction of sp³-hybridized carbons (Fsp3) is 0.211. The Balaban J connectivity index is 1.56. The number of amides is 2. The molecule has 1 heterocycles. The number of carbonyl (C=O) groups is 2. The zero-order valence-electron chi connectivity index (χ0n) is 14.3. The van der Waals surface area contributed by atoms with Crippen molar-refractivity contribution in [1.82, 2.24) is 10.3 Å². The van der Waals surface area contributed by atoms with E-state index in [0.29, 0.717) is 17.9 Å². The van der Waals surface area contributed by atoms with E-state index < -0.39 is 5.91 Å². The predicted octanol–water partition coefficient (Wildman–Crippen LogP) is 2.69. The molecule has 1 aromatic heterocycles. The van der Waals surface area contributed by atoms with Crippen molar-refractivity contribution in [3.05, 3.63) is 59.1 Å². The van der Waals surface area contributed by atoms with Crippen molar-refractivity contribution in [3.63, 3.8) is 0 Å². The lowest BCUT2D eigenvalue weighted by molar-refractivity contribution is -0.119. The smallest absolute Gasteiger partial charge is 0.255 e. The van der Waals surface area contributed by atoms with Gasteiger partial charge in [0.1, 0.15) is 5.75 Å². The average Bonchev–Trinajstić information content (AvgIpc) is 3.09. The van der Waals surface area contributed by atoms with Crippen molar-refractivity contribution in [1.29, 1.82) is 0 Å². The maximum Gasteiger partial charge on any atom is 0.255 e. The fourth-order valence-corrected chi connectivity index (χ4v) is 3.41. The van der Waals surface area contributed by atoms with Crippen LogP contribution in [-0.4, -0.2) is 29.9 Å². The molecule has 0 saturated heterocycles. The van der Waals surface area contributed by atoms with Crippen LogP contribution >= 0.6 is 11.3 Å². The molecular weight excluding hydrogens is 350 g/mol. The van der Waals surface area contributed by atoms with E-state index in [-0.39, 0.29) is 18.4 Å². The second-order valence-electron chi connectivity index (χ2n) is 5.91. The van der Waals surface area contributed by atoms with Gasteiger partial charge >= 0.3 is 0 Å². The highest BCUT2D eigenvalue weighted by atomic mass is 32.1. The highest BCUT2D eigenvalue weighted by Crippen LogP contribution is 2.26. The Morgan fingerprint density at radius 1 is 1.19 bits per heavy atom. The van der Waals surface area contributed by atoms with Crippen LogP contribution in [0.25, 0.3) is 10.2 Å². The monoisotopic (exact) mass is 369 g/mol. The molecule has 0 aliphatic heterocycles. The van der Waals surface area contributed by atoms with Crippen molar-refractivity contribution >= 4 is 33.4 Å². The first-order chi connectivity index (χ1) is 12.5. The largest absolute Gasteiger partial charge is 0.484 e. The molecule has 0 aliphatic rings. The van der Waals surface area contributed by atoms with Crippen molar-refractivity contribution in [2.24, 2.45) is 5.73 Å². The molecule has 3 N–H and O–H groups in total. The molecule has 3 rings (SSSR count). The van der Waals surface area contributed by atoms with Crippen LogP contribution in [0.1, 0.15) is 28.2 Å². The van der Waals surface area contributed by atoms with E-state index in [4.69, 9.17) is 10.5 Å². The number of hydrogen-bond donors (Lipinski definition) is 2. The van der Waals surface area contributed by atoms with E-state index in [2.05, 4.69) is 10.3 Å². The fourth-order valence-electron chi connectivity index (χ4n) is 2.39. The van der Waals surface area contributed by atoms with E-state index in [1.165, 1.54) is 0 Å². The molecule has 26 heavy (non-hydrogen) atoms. The molecule has 2 aromatic carbocycles. The van der Waals surface area contributed by atoms with Crippen LogP contribution in [0, 0.1) is 0 Å². The summed E-state index contributed by atoms with van der Waals surface area (Å²) in [6.45, 7) is 2.35. The maximum atomic E-state index is 12.3. The van der Waals surface area contributed by atoms with Crippen LogP contribution < -0.4 is 15.8 Å². The van der Waals surface area contributed by atoms with Gasteiger partial charge in [-0.3, -0.25) is 9.59 Å². The van der Waals surface area contributed by atoms with Crippen molar-refractivity contribution in [3.8, 4) is 5.75 Å². The molecule has 0 radical (unpaired) electrons. The van der Waals surface area contributed by atoms with Crippen LogP contribution in [-0.2, 0) is 4.79 Å². The molecule has 0 aliphatic carbocycles. The molecule has 6 nitrogen and oxygen atoms in total. The predicted molar refractivity (Wildman–Crippen MR) is 101 cm³/mol. The molecule has 1 atom stereocenters. The summed E-state index contributed by atoms with van der Waals surface area (Å²) in [6, 6.07) is 14.6. The number of thiazole rings is 1. The Bertz CT molecular complexity index is 888. The van der Waals surface area contributed by atoms with Gasteiger partial charge in [0.05, 0.1) is 15.2 Å². The summed E-state index contributed by atoms with van der Waals surface area (Å²) in [6.07, 6.45) is 0. The number of fused-ring (bicyclic) bond motifs is 1. The summed E-state index contributed by atoms with van der Waals surface area (Å²) in [5.41, 5.74) is 6.53. The van der Waals surface area contributed by atoms with Gasteiger partial charge in [-0.25, -0.2) is 4.98 Å². The first kappa shape index (κ1) is 17.9. The second kappa shape index (κ2) is 7.97. The molecule has 134 valence electrons. The number of hydrogen-bond acceptors (Lipinski definition) is 5. The lowest BCUT2D eigenvalue weighted by atomic mass is 10.1. The number of benzene rings is 2. The zero-order valence-corrected chi connectivity index (χ0v) is 15.1. The van der Waals surface area contributed by atoms with Crippen molar-refractivity contribution in [2.45, 2.75) is 12.8 Å². The number of nitrogens with one attached hydrogen (secondary N) is 1. The third-order valence-electron chi connectivity index (χ3n) is 3.80. The third kappa shape index (κ3) is 4.37. The van der Waals surface area contributed by atoms with Crippen molar-refractivity contribution in [2.75, 3.05) is 13.2 Å². The molecule has 2 amide bonds. The first-order valence-corrected chi connectivity index (χ1v) is 8.99. The molecular formula is C19H19N3O3S. The molecule has 0 bridgehead atoms. The van der Waals surface area contributed by atoms with Gasteiger partial charge in [-0.1, -0.05) is 19.1 Å². The topological polar surface area (TPSA) is 94.3 Å². The van der Waals surface area contributed by atoms with Gasteiger partial charge in [-0.2, -0.15) is 0 Å². The minimum absolute atomic E-state index is 0.120. The van der Waals surface area contributed by atoms with E-state index in [1.54, 1.807) is 35.6 Å². The standard InChI is InChI=1S/C19H19N3O3S/c1-12(19-22-15-4-2-3-5-16(15)26-19)10-21-18(24)13-6-8-14(9-7-13)25-11-17(20)23/h2-9,12H,10-11H2,1H3,(H2,20,23)(H,21,24). The number of nitrogens with zero attached hydrogens (tertiary/aromatic N) is 1. The van der Waals surface area contributed by atoms with Crippen LogP contribution in [0.2, 0.25) is 0 Å². The molecule has 0 saturated carbocycles. The van der Waals surface area contributed by atoms with Gasteiger partial charge in [0, 0.05) is 18.0 Å². The quantitative estimate of drug-likeness (QED) is 0.669. The summed E-state index contributed by atoms with van der Waals surface area (Å²) < 4.78 is 6.32. The highest BCUT2D eigenvalue weighted by Gasteiger charge is 2.13. The van der Waals surface area contributed by atoms with Crippen LogP contribution in [0.3, 0.4) is 0 Å². The van der Waals surface area contributed by atoms with Gasteiger partial charge in [0.2, 0.25) is 0 Å². The number of ether oxygens (including phenoxy) is 1. The Morgan fingerprint density at radius 2 is 1.92 bits per heavy atom. The van der Waals surface area contributed by atoms with Crippen LogP contribution in [0.15, 0.2) is 48.5 Å². The van der Waals surface area contributed by atoms with Gasteiger partial charge in [-0.05, 0) is 36.4 Å². The van der Waals surface area contributed by atoms with Gasteiger partial charge < -0.3 is 15.8 Å². The Kier molecular flexibility index (Phi) is 5.48. The number of para-hydroxylation sites is 1. The summed E-state index contributed by atoms with van der Waals surface area (Å²) in [4.78, 5) is 27.6. The van der Waals surface area contributed by atoms with E-state index >= 15 is 0 Å². The van der Waals surface area contributed by atoms with E-state index in [0.717, 1.165) is 15.2 Å². The minimum Gasteiger partial charge on any atom is -0.484 e. The third-order valence-corrected chi connectivity index (χ3v) is 5.07. The summed E-state index contributed by atoms with van der Waals surface area (Å²) in [5, 5.41) is 3.93. The number of primary amides is 1. The Morgan fingerprint density at radius 3 is 2.62 bits per heavy atom. The molecule has 1 unspecified atom stereocenters.